The van der Waals surface area contributed by atoms with Crippen LogP contribution in [0, 0.1) is 5.82 Å². The Bertz CT molecular complexity index is 300. The van der Waals surface area contributed by atoms with Gasteiger partial charge in [0.25, 0.3) is 0 Å². The van der Waals surface area contributed by atoms with Crippen molar-refractivity contribution < 1.29 is 19.3 Å². The molecular weight excluding hydrogens is 213 g/mol. The van der Waals surface area contributed by atoms with Crippen LogP contribution in [0.15, 0.2) is 18.2 Å². The molecule has 0 saturated heterocycles. The summed E-state index contributed by atoms with van der Waals surface area (Å²) in [6.07, 6.45) is 0. The number of hydrogen-bond acceptors (Lipinski definition) is 4. The van der Waals surface area contributed by atoms with Crippen molar-refractivity contribution in [1.82, 2.24) is 5.32 Å². The molecule has 90 valence electrons. The van der Waals surface area contributed by atoms with Gasteiger partial charge in [0, 0.05) is 19.2 Å². The van der Waals surface area contributed by atoms with Gasteiger partial charge in [-0.1, -0.05) is 0 Å². The Morgan fingerprint density at radius 2 is 2.06 bits per heavy atom. The maximum atomic E-state index is 12.9. The molecule has 0 fully saturated rings. The van der Waals surface area contributed by atoms with Gasteiger partial charge in [0.05, 0.1) is 19.8 Å². The number of hydrogen-bond donors (Lipinski definition) is 3. The summed E-state index contributed by atoms with van der Waals surface area (Å²) in [6.45, 7) is 1.90. The molecule has 1 aromatic rings. The topological polar surface area (TPSA) is 61.7 Å². The summed E-state index contributed by atoms with van der Waals surface area (Å²) < 4.78 is 17.9. The van der Waals surface area contributed by atoms with Gasteiger partial charge in [-0.2, -0.15) is 0 Å². The molecule has 0 saturated carbocycles. The lowest BCUT2D eigenvalue weighted by Gasteiger charge is -2.06. The normalized spacial score (nSPS) is 10.6. The lowest BCUT2D eigenvalue weighted by Crippen LogP contribution is -2.20. The second kappa shape index (κ2) is 7.16. The minimum Gasteiger partial charge on any atom is -0.508 e. The van der Waals surface area contributed by atoms with Crippen molar-refractivity contribution in [2.24, 2.45) is 0 Å². The summed E-state index contributed by atoms with van der Waals surface area (Å²) in [7, 11) is 0. The molecule has 1 rings (SSSR count). The summed E-state index contributed by atoms with van der Waals surface area (Å²) in [5.74, 6) is -0.526. The van der Waals surface area contributed by atoms with Gasteiger partial charge >= 0.3 is 0 Å². The third-order valence-electron chi connectivity index (χ3n) is 1.93. The zero-order valence-electron chi connectivity index (χ0n) is 8.95. The number of aliphatic hydroxyl groups is 1. The van der Waals surface area contributed by atoms with E-state index in [9.17, 15) is 4.39 Å². The van der Waals surface area contributed by atoms with E-state index in [4.69, 9.17) is 14.9 Å². The monoisotopic (exact) mass is 229 g/mol. The molecule has 0 amide bonds. The number of phenolic OH excluding ortho intramolecular Hbond substituents is 1. The highest BCUT2D eigenvalue weighted by molar-refractivity contribution is 5.28. The average Bonchev–Trinajstić information content (AvgIpc) is 2.22. The standard InChI is InChI=1S/C11H16FNO3/c12-10-5-9(6-11(15)7-10)8-13-1-3-16-4-2-14/h5-7,13-15H,1-4,8H2. The van der Waals surface area contributed by atoms with Crippen LogP contribution in [0.2, 0.25) is 0 Å². The van der Waals surface area contributed by atoms with Crippen molar-refractivity contribution in [3.8, 4) is 5.75 Å². The van der Waals surface area contributed by atoms with Crippen molar-refractivity contribution in [2.45, 2.75) is 6.54 Å². The zero-order valence-corrected chi connectivity index (χ0v) is 8.95. The SMILES string of the molecule is OCCOCCNCc1cc(O)cc(F)c1. The van der Waals surface area contributed by atoms with Gasteiger partial charge in [0.15, 0.2) is 0 Å². The van der Waals surface area contributed by atoms with Crippen molar-refractivity contribution in [3.05, 3.63) is 29.6 Å². The van der Waals surface area contributed by atoms with Gasteiger partial charge in [-0.3, -0.25) is 0 Å². The van der Waals surface area contributed by atoms with Gasteiger partial charge in [-0.25, -0.2) is 4.39 Å². The summed E-state index contributed by atoms with van der Waals surface area (Å²) in [4.78, 5) is 0. The molecule has 0 heterocycles. The van der Waals surface area contributed by atoms with Crippen LogP contribution in [-0.2, 0) is 11.3 Å². The Kier molecular flexibility index (Phi) is 5.77. The number of phenols is 1. The highest BCUT2D eigenvalue weighted by Crippen LogP contribution is 2.14. The van der Waals surface area contributed by atoms with E-state index in [1.807, 2.05) is 0 Å². The number of rotatable bonds is 7. The maximum absolute atomic E-state index is 12.9. The van der Waals surface area contributed by atoms with Crippen molar-refractivity contribution >= 4 is 0 Å². The van der Waals surface area contributed by atoms with Gasteiger partial charge < -0.3 is 20.3 Å². The molecular formula is C11H16FNO3. The van der Waals surface area contributed by atoms with E-state index in [2.05, 4.69) is 5.32 Å². The molecule has 0 bridgehead atoms. The fourth-order valence-corrected chi connectivity index (χ4v) is 1.28. The molecule has 4 nitrogen and oxygen atoms in total. The Morgan fingerprint density at radius 3 is 2.75 bits per heavy atom. The van der Waals surface area contributed by atoms with Crippen LogP contribution < -0.4 is 5.32 Å². The Labute approximate surface area is 93.7 Å². The summed E-state index contributed by atoms with van der Waals surface area (Å²) in [5, 5.41) is 20.6. The summed E-state index contributed by atoms with van der Waals surface area (Å²) in [5.41, 5.74) is 0.680. The smallest absolute Gasteiger partial charge is 0.127 e. The zero-order chi connectivity index (χ0) is 11.8. The molecule has 0 atom stereocenters. The first-order valence-electron chi connectivity index (χ1n) is 5.10. The molecule has 0 spiro atoms. The number of aliphatic hydroxyl groups excluding tert-OH is 1. The summed E-state index contributed by atoms with van der Waals surface area (Å²) >= 11 is 0. The van der Waals surface area contributed by atoms with E-state index in [0.717, 1.165) is 6.07 Å². The van der Waals surface area contributed by atoms with E-state index in [-0.39, 0.29) is 12.4 Å². The highest BCUT2D eigenvalue weighted by atomic mass is 19.1. The molecule has 0 aliphatic carbocycles. The lowest BCUT2D eigenvalue weighted by molar-refractivity contribution is 0.0938. The van der Waals surface area contributed by atoms with Crippen molar-refractivity contribution in [3.63, 3.8) is 0 Å². The molecule has 1 aromatic carbocycles. The van der Waals surface area contributed by atoms with Crippen LogP contribution in [-0.4, -0.2) is 36.6 Å². The van der Waals surface area contributed by atoms with Gasteiger partial charge in [-0.05, 0) is 17.7 Å². The molecule has 0 aliphatic heterocycles. The third-order valence-corrected chi connectivity index (χ3v) is 1.93. The van der Waals surface area contributed by atoms with Gasteiger partial charge in [0.2, 0.25) is 0 Å². The van der Waals surface area contributed by atoms with Crippen LogP contribution in [0.4, 0.5) is 4.39 Å². The molecule has 0 unspecified atom stereocenters. The Hall–Kier alpha value is -1.17. The predicted molar refractivity (Wildman–Crippen MR) is 57.7 cm³/mol. The quantitative estimate of drug-likeness (QED) is 0.600. The fourth-order valence-electron chi connectivity index (χ4n) is 1.28. The molecule has 0 aromatic heterocycles. The molecule has 3 N–H and O–H groups in total. The fraction of sp³-hybridized carbons (Fsp3) is 0.455. The van der Waals surface area contributed by atoms with Crippen LogP contribution in [0.25, 0.3) is 0 Å². The number of benzene rings is 1. The third kappa shape index (κ3) is 5.06. The number of ether oxygens (including phenoxy) is 1. The highest BCUT2D eigenvalue weighted by Gasteiger charge is 1.99. The maximum Gasteiger partial charge on any atom is 0.127 e. The predicted octanol–water partition coefficient (Wildman–Crippen LogP) is 0.630. The minimum atomic E-state index is -0.451. The van der Waals surface area contributed by atoms with Crippen LogP contribution in [0.1, 0.15) is 5.56 Å². The largest absolute Gasteiger partial charge is 0.508 e. The van der Waals surface area contributed by atoms with E-state index in [1.165, 1.54) is 12.1 Å². The van der Waals surface area contributed by atoms with Crippen LogP contribution >= 0.6 is 0 Å². The first kappa shape index (κ1) is 12.9. The van der Waals surface area contributed by atoms with E-state index < -0.39 is 5.82 Å². The first-order chi connectivity index (χ1) is 7.72. The second-order valence-corrected chi connectivity index (χ2v) is 3.33. The molecule has 16 heavy (non-hydrogen) atoms. The lowest BCUT2D eigenvalue weighted by atomic mass is 10.2. The van der Waals surface area contributed by atoms with Crippen LogP contribution in [0.5, 0.6) is 5.75 Å². The molecule has 0 aliphatic rings. The Morgan fingerprint density at radius 1 is 1.25 bits per heavy atom. The molecule has 0 radical (unpaired) electrons. The van der Waals surface area contributed by atoms with E-state index >= 15 is 0 Å². The van der Waals surface area contributed by atoms with Gasteiger partial charge in [0.1, 0.15) is 11.6 Å². The first-order valence-corrected chi connectivity index (χ1v) is 5.10. The number of nitrogens with one attached hydrogen (secondary N) is 1. The molecule has 5 heteroatoms. The second-order valence-electron chi connectivity index (χ2n) is 3.33. The average molecular weight is 229 g/mol. The summed E-state index contributed by atoms with van der Waals surface area (Å²) in [6, 6.07) is 3.93. The van der Waals surface area contributed by atoms with E-state index in [0.29, 0.717) is 31.9 Å². The number of halogens is 1. The van der Waals surface area contributed by atoms with Crippen molar-refractivity contribution in [1.29, 1.82) is 0 Å². The van der Waals surface area contributed by atoms with Crippen LogP contribution in [0.3, 0.4) is 0 Å². The number of aromatic hydroxyl groups is 1. The Balaban J connectivity index is 2.21. The van der Waals surface area contributed by atoms with Gasteiger partial charge in [-0.15, -0.1) is 0 Å². The van der Waals surface area contributed by atoms with Crippen molar-refractivity contribution in [2.75, 3.05) is 26.4 Å². The minimum absolute atomic E-state index is 0.0117. The van der Waals surface area contributed by atoms with E-state index in [1.54, 1.807) is 0 Å².